The molecule has 1 aliphatic rings. The van der Waals surface area contributed by atoms with Crippen LogP contribution in [0.4, 0.5) is 20.4 Å². The molecule has 0 amide bonds. The van der Waals surface area contributed by atoms with E-state index >= 15 is 0 Å². The van der Waals surface area contributed by atoms with Crippen LogP contribution < -0.4 is 9.80 Å². The summed E-state index contributed by atoms with van der Waals surface area (Å²) in [6.45, 7) is 4.10. The molecule has 1 fully saturated rings. The second kappa shape index (κ2) is 6.88. The number of benzene rings is 2. The fraction of sp³-hybridized carbons (Fsp3) is 0.238. The summed E-state index contributed by atoms with van der Waals surface area (Å²) in [5, 5.41) is 1.39. The van der Waals surface area contributed by atoms with Gasteiger partial charge in [0, 0.05) is 36.4 Å². The number of hydrogen-bond acceptors (Lipinski definition) is 6. The predicted molar refractivity (Wildman–Crippen MR) is 108 cm³/mol. The van der Waals surface area contributed by atoms with Gasteiger partial charge < -0.3 is 9.80 Å². The molecule has 1 aliphatic heterocycles. The second-order valence-electron chi connectivity index (χ2n) is 7.21. The topological polar surface area (TPSA) is 58.0 Å². The van der Waals surface area contributed by atoms with E-state index in [1.54, 1.807) is 12.1 Å². The molecule has 6 nitrogen and oxygen atoms in total. The summed E-state index contributed by atoms with van der Waals surface area (Å²) in [5.41, 5.74) is 1.42. The summed E-state index contributed by atoms with van der Waals surface area (Å²) >= 11 is 0. The number of anilines is 2. The van der Waals surface area contributed by atoms with E-state index in [1.165, 1.54) is 36.9 Å². The van der Waals surface area contributed by atoms with Crippen LogP contribution in [0.25, 0.3) is 21.8 Å². The van der Waals surface area contributed by atoms with Crippen LogP contribution in [0.5, 0.6) is 0 Å². The Morgan fingerprint density at radius 3 is 2.00 bits per heavy atom. The Labute approximate surface area is 165 Å². The molecule has 0 spiro atoms. The monoisotopic (exact) mass is 392 g/mol. The minimum Gasteiger partial charge on any atom is -0.352 e. The summed E-state index contributed by atoms with van der Waals surface area (Å²) in [7, 11) is 0. The van der Waals surface area contributed by atoms with E-state index in [9.17, 15) is 8.78 Å². The van der Waals surface area contributed by atoms with E-state index < -0.39 is 0 Å². The van der Waals surface area contributed by atoms with Gasteiger partial charge in [0.2, 0.25) is 0 Å². The van der Waals surface area contributed by atoms with Gasteiger partial charge in [-0.1, -0.05) is 0 Å². The first-order chi connectivity index (χ1) is 14.1. The first-order valence-electron chi connectivity index (χ1n) is 9.42. The van der Waals surface area contributed by atoms with Crippen molar-refractivity contribution in [2.45, 2.75) is 13.0 Å². The molecule has 0 unspecified atom stereocenters. The Morgan fingerprint density at radius 1 is 0.793 bits per heavy atom. The summed E-state index contributed by atoms with van der Waals surface area (Å²) in [6, 6.07) is 9.17. The molecule has 0 saturated carbocycles. The standard InChI is InChI=1S/C21H18F2N6/c1-13-10-28(20-16-8-14(22)2-4-18(16)24-11-26-20)6-7-29(13)21-17-9-15(23)3-5-19(17)25-12-27-21/h2-5,8-9,11-13H,6-7,10H2,1H3/t13-/m1/s1. The number of aromatic nitrogens is 4. The molecule has 0 radical (unpaired) electrons. The maximum Gasteiger partial charge on any atom is 0.140 e. The summed E-state index contributed by atoms with van der Waals surface area (Å²) < 4.78 is 27.6. The van der Waals surface area contributed by atoms with Crippen LogP contribution in [-0.2, 0) is 0 Å². The third-order valence-electron chi connectivity index (χ3n) is 5.35. The molecular formula is C21H18F2N6. The van der Waals surface area contributed by atoms with Gasteiger partial charge in [0.25, 0.3) is 0 Å². The second-order valence-corrected chi connectivity index (χ2v) is 7.21. The van der Waals surface area contributed by atoms with Crippen molar-refractivity contribution in [3.63, 3.8) is 0 Å². The molecule has 0 aliphatic carbocycles. The number of nitrogens with zero attached hydrogens (tertiary/aromatic N) is 6. The third-order valence-corrected chi connectivity index (χ3v) is 5.35. The zero-order valence-electron chi connectivity index (χ0n) is 15.8. The Balaban J connectivity index is 1.48. The molecule has 5 rings (SSSR count). The smallest absolute Gasteiger partial charge is 0.140 e. The van der Waals surface area contributed by atoms with Gasteiger partial charge in [-0.05, 0) is 43.3 Å². The number of piperazine rings is 1. The highest BCUT2D eigenvalue weighted by Crippen LogP contribution is 2.30. The van der Waals surface area contributed by atoms with Crippen molar-refractivity contribution in [1.82, 2.24) is 19.9 Å². The molecule has 4 aromatic rings. The van der Waals surface area contributed by atoms with E-state index in [2.05, 4.69) is 36.7 Å². The van der Waals surface area contributed by atoms with Crippen molar-refractivity contribution < 1.29 is 8.78 Å². The molecule has 1 saturated heterocycles. The van der Waals surface area contributed by atoms with Gasteiger partial charge in [-0.25, -0.2) is 28.7 Å². The van der Waals surface area contributed by atoms with Gasteiger partial charge in [-0.3, -0.25) is 0 Å². The van der Waals surface area contributed by atoms with Gasteiger partial charge in [-0.15, -0.1) is 0 Å². The lowest BCUT2D eigenvalue weighted by molar-refractivity contribution is 0.544. The molecular weight excluding hydrogens is 374 g/mol. The molecule has 0 N–H and O–H groups in total. The molecule has 2 aromatic carbocycles. The fourth-order valence-electron chi connectivity index (χ4n) is 3.98. The lowest BCUT2D eigenvalue weighted by Crippen LogP contribution is -2.52. The molecule has 0 bridgehead atoms. The van der Waals surface area contributed by atoms with Crippen LogP contribution in [0.3, 0.4) is 0 Å². The van der Waals surface area contributed by atoms with Crippen molar-refractivity contribution >= 4 is 33.4 Å². The van der Waals surface area contributed by atoms with E-state index in [1.807, 2.05) is 0 Å². The molecule has 1 atom stereocenters. The van der Waals surface area contributed by atoms with Crippen molar-refractivity contribution in [3.05, 3.63) is 60.7 Å². The van der Waals surface area contributed by atoms with Gasteiger partial charge in [-0.2, -0.15) is 0 Å². The van der Waals surface area contributed by atoms with Crippen LogP contribution in [-0.4, -0.2) is 45.6 Å². The Hall–Kier alpha value is -3.42. The number of fused-ring (bicyclic) bond motifs is 2. The normalized spacial score (nSPS) is 17.3. The largest absolute Gasteiger partial charge is 0.352 e. The zero-order chi connectivity index (χ0) is 20.0. The minimum absolute atomic E-state index is 0.0868. The Bertz CT molecular complexity index is 1210. The maximum atomic E-state index is 13.8. The lowest BCUT2D eigenvalue weighted by Gasteiger charge is -2.41. The lowest BCUT2D eigenvalue weighted by atomic mass is 10.1. The average Bonchev–Trinajstić information content (AvgIpc) is 2.73. The summed E-state index contributed by atoms with van der Waals surface area (Å²) in [6.07, 6.45) is 3.02. The highest BCUT2D eigenvalue weighted by Gasteiger charge is 2.28. The van der Waals surface area contributed by atoms with Crippen LogP contribution in [0.15, 0.2) is 49.1 Å². The summed E-state index contributed by atoms with van der Waals surface area (Å²) in [4.78, 5) is 21.6. The van der Waals surface area contributed by atoms with Crippen LogP contribution in [0.2, 0.25) is 0 Å². The maximum absolute atomic E-state index is 13.8. The molecule has 2 aromatic heterocycles. The van der Waals surface area contributed by atoms with Crippen LogP contribution in [0.1, 0.15) is 6.92 Å². The number of rotatable bonds is 2. The van der Waals surface area contributed by atoms with E-state index in [-0.39, 0.29) is 17.7 Å². The highest BCUT2D eigenvalue weighted by atomic mass is 19.1. The van der Waals surface area contributed by atoms with Gasteiger partial charge >= 0.3 is 0 Å². The Kier molecular flexibility index (Phi) is 4.19. The van der Waals surface area contributed by atoms with Crippen LogP contribution >= 0.6 is 0 Å². The van der Waals surface area contributed by atoms with Crippen molar-refractivity contribution in [3.8, 4) is 0 Å². The van der Waals surface area contributed by atoms with E-state index in [0.29, 0.717) is 41.4 Å². The average molecular weight is 392 g/mol. The SMILES string of the molecule is C[C@@H]1CN(c2ncnc3ccc(F)cc23)CCN1c1ncnc2ccc(F)cc12. The van der Waals surface area contributed by atoms with Gasteiger partial charge in [0.15, 0.2) is 0 Å². The highest BCUT2D eigenvalue weighted by molar-refractivity contribution is 5.91. The predicted octanol–water partition coefficient (Wildman–Crippen LogP) is 3.57. The molecule has 3 heterocycles. The quantitative estimate of drug-likeness (QED) is 0.520. The first-order valence-corrected chi connectivity index (χ1v) is 9.42. The summed E-state index contributed by atoms with van der Waals surface area (Å²) in [5.74, 6) is 0.823. The van der Waals surface area contributed by atoms with E-state index in [0.717, 1.165) is 11.6 Å². The molecule has 8 heteroatoms. The van der Waals surface area contributed by atoms with Gasteiger partial charge in [0.1, 0.15) is 35.9 Å². The zero-order valence-corrected chi connectivity index (χ0v) is 15.8. The van der Waals surface area contributed by atoms with E-state index in [4.69, 9.17) is 0 Å². The van der Waals surface area contributed by atoms with Crippen molar-refractivity contribution in [1.29, 1.82) is 0 Å². The Morgan fingerprint density at radius 2 is 1.38 bits per heavy atom. The third kappa shape index (κ3) is 3.10. The first kappa shape index (κ1) is 17.7. The number of halogens is 2. The number of hydrogen-bond donors (Lipinski definition) is 0. The van der Waals surface area contributed by atoms with Gasteiger partial charge in [0.05, 0.1) is 11.0 Å². The minimum atomic E-state index is -0.311. The fourth-order valence-corrected chi connectivity index (χ4v) is 3.98. The molecule has 29 heavy (non-hydrogen) atoms. The molecule has 146 valence electrons. The van der Waals surface area contributed by atoms with Crippen molar-refractivity contribution in [2.75, 3.05) is 29.4 Å². The van der Waals surface area contributed by atoms with Crippen molar-refractivity contribution in [2.24, 2.45) is 0 Å². The van der Waals surface area contributed by atoms with Crippen LogP contribution in [0, 0.1) is 11.6 Å².